The Morgan fingerprint density at radius 1 is 1.37 bits per heavy atom. The zero-order valence-electron chi connectivity index (χ0n) is 10.2. The van der Waals surface area contributed by atoms with Gasteiger partial charge in [0.15, 0.2) is 0 Å². The van der Waals surface area contributed by atoms with Crippen molar-refractivity contribution in [1.82, 2.24) is 9.55 Å². The SMILES string of the molecule is COC[C@@H](O)Cn1c(C(F)(F)F)nc2ccccc21. The van der Waals surface area contributed by atoms with Gasteiger partial charge in [0.2, 0.25) is 5.82 Å². The average Bonchev–Trinajstić information content (AvgIpc) is 2.69. The van der Waals surface area contributed by atoms with Gasteiger partial charge in [0, 0.05) is 7.11 Å². The Kier molecular flexibility index (Phi) is 3.77. The van der Waals surface area contributed by atoms with Crippen molar-refractivity contribution >= 4 is 11.0 Å². The lowest BCUT2D eigenvalue weighted by Gasteiger charge is -2.15. The number of aliphatic hydroxyl groups excluding tert-OH is 1. The van der Waals surface area contributed by atoms with E-state index in [1.807, 2.05) is 0 Å². The van der Waals surface area contributed by atoms with Gasteiger partial charge in [-0.25, -0.2) is 4.98 Å². The molecule has 0 radical (unpaired) electrons. The predicted molar refractivity (Wildman–Crippen MR) is 62.6 cm³/mol. The van der Waals surface area contributed by atoms with Crippen LogP contribution in [0.5, 0.6) is 0 Å². The number of aromatic nitrogens is 2. The van der Waals surface area contributed by atoms with Gasteiger partial charge in [-0.3, -0.25) is 0 Å². The largest absolute Gasteiger partial charge is 0.449 e. The number of fused-ring (bicyclic) bond motifs is 1. The van der Waals surface area contributed by atoms with Crippen LogP contribution >= 0.6 is 0 Å². The number of nitrogens with zero attached hydrogens (tertiary/aromatic N) is 2. The molecule has 0 aliphatic rings. The molecular weight excluding hydrogens is 261 g/mol. The molecular formula is C12H13F3N2O2. The van der Waals surface area contributed by atoms with E-state index in [1.54, 1.807) is 12.1 Å². The Balaban J connectivity index is 2.49. The van der Waals surface area contributed by atoms with Crippen LogP contribution in [0.3, 0.4) is 0 Å². The molecule has 1 atom stereocenters. The Morgan fingerprint density at radius 2 is 2.05 bits per heavy atom. The zero-order chi connectivity index (χ0) is 14.0. The van der Waals surface area contributed by atoms with E-state index >= 15 is 0 Å². The smallest absolute Gasteiger partial charge is 0.389 e. The summed E-state index contributed by atoms with van der Waals surface area (Å²) in [6.07, 6.45) is -5.59. The lowest BCUT2D eigenvalue weighted by atomic mass is 10.3. The fourth-order valence-corrected chi connectivity index (χ4v) is 1.93. The highest BCUT2D eigenvalue weighted by atomic mass is 19.4. The Morgan fingerprint density at radius 3 is 2.68 bits per heavy atom. The van der Waals surface area contributed by atoms with Gasteiger partial charge < -0.3 is 14.4 Å². The van der Waals surface area contributed by atoms with Crippen LogP contribution in [0.15, 0.2) is 24.3 Å². The molecule has 19 heavy (non-hydrogen) atoms. The maximum atomic E-state index is 12.9. The third kappa shape index (κ3) is 2.87. The molecule has 0 saturated carbocycles. The first-order valence-corrected chi connectivity index (χ1v) is 5.63. The van der Waals surface area contributed by atoms with Gasteiger partial charge in [0.25, 0.3) is 0 Å². The first-order valence-electron chi connectivity index (χ1n) is 5.63. The van der Waals surface area contributed by atoms with E-state index in [9.17, 15) is 18.3 Å². The van der Waals surface area contributed by atoms with E-state index in [4.69, 9.17) is 4.74 Å². The number of benzene rings is 1. The standard InChI is InChI=1S/C12H13F3N2O2/c1-19-7-8(18)6-17-10-5-3-2-4-9(10)16-11(17)12(13,14)15/h2-5,8,18H,6-7H2,1H3/t8-/m0/s1. The van der Waals surface area contributed by atoms with E-state index < -0.39 is 18.1 Å². The van der Waals surface area contributed by atoms with E-state index in [0.717, 1.165) is 4.57 Å². The van der Waals surface area contributed by atoms with Gasteiger partial charge in [-0.2, -0.15) is 13.2 Å². The van der Waals surface area contributed by atoms with Gasteiger partial charge in [0.05, 0.1) is 30.3 Å². The molecule has 1 N–H and O–H groups in total. The molecule has 0 saturated heterocycles. The molecule has 0 unspecified atom stereocenters. The fourth-order valence-electron chi connectivity index (χ4n) is 1.93. The van der Waals surface area contributed by atoms with Crippen LogP contribution in [0.1, 0.15) is 5.82 Å². The van der Waals surface area contributed by atoms with Crippen molar-refractivity contribution in [1.29, 1.82) is 0 Å². The Hall–Kier alpha value is -1.60. The lowest BCUT2D eigenvalue weighted by molar-refractivity contribution is -0.147. The molecule has 0 bridgehead atoms. The number of alkyl halides is 3. The minimum atomic E-state index is -4.56. The molecule has 1 aromatic heterocycles. The first-order chi connectivity index (χ1) is 8.93. The highest BCUT2D eigenvalue weighted by Crippen LogP contribution is 2.31. The summed E-state index contributed by atoms with van der Waals surface area (Å²) in [5.41, 5.74) is 0.587. The van der Waals surface area contributed by atoms with Crippen molar-refractivity contribution in [2.24, 2.45) is 0 Å². The molecule has 2 rings (SSSR count). The molecule has 104 valence electrons. The Bertz CT molecular complexity index is 566. The summed E-state index contributed by atoms with van der Waals surface area (Å²) >= 11 is 0. The highest BCUT2D eigenvalue weighted by Gasteiger charge is 2.37. The van der Waals surface area contributed by atoms with Crippen LogP contribution in [0.4, 0.5) is 13.2 Å². The predicted octanol–water partition coefficient (Wildman–Crippen LogP) is 2.06. The number of para-hydroxylation sites is 2. The maximum absolute atomic E-state index is 12.9. The molecule has 0 spiro atoms. The average molecular weight is 274 g/mol. The van der Waals surface area contributed by atoms with Gasteiger partial charge in [0.1, 0.15) is 0 Å². The molecule has 1 aromatic carbocycles. The topological polar surface area (TPSA) is 47.3 Å². The second-order valence-corrected chi connectivity index (χ2v) is 4.14. The van der Waals surface area contributed by atoms with Gasteiger partial charge in [-0.05, 0) is 12.1 Å². The fraction of sp³-hybridized carbons (Fsp3) is 0.417. The number of aliphatic hydroxyl groups is 1. The lowest BCUT2D eigenvalue weighted by Crippen LogP contribution is -2.25. The van der Waals surface area contributed by atoms with E-state index in [-0.39, 0.29) is 18.7 Å². The minimum absolute atomic E-state index is 0.0379. The number of rotatable bonds is 4. The van der Waals surface area contributed by atoms with Crippen molar-refractivity contribution in [2.45, 2.75) is 18.8 Å². The third-order valence-corrected chi connectivity index (χ3v) is 2.66. The molecule has 0 aliphatic heterocycles. The molecule has 0 fully saturated rings. The van der Waals surface area contributed by atoms with Crippen LogP contribution in [-0.4, -0.2) is 34.5 Å². The quantitative estimate of drug-likeness (QED) is 0.928. The van der Waals surface area contributed by atoms with Crippen molar-refractivity contribution in [3.8, 4) is 0 Å². The normalized spacial score (nSPS) is 13.9. The third-order valence-electron chi connectivity index (χ3n) is 2.66. The number of imidazole rings is 1. The summed E-state index contributed by atoms with van der Waals surface area (Å²) in [6, 6.07) is 6.29. The van der Waals surface area contributed by atoms with E-state index in [1.165, 1.54) is 19.2 Å². The number of ether oxygens (including phenoxy) is 1. The van der Waals surface area contributed by atoms with Crippen molar-refractivity contribution in [3.63, 3.8) is 0 Å². The monoisotopic (exact) mass is 274 g/mol. The van der Waals surface area contributed by atoms with Crippen LogP contribution in [0.25, 0.3) is 11.0 Å². The van der Waals surface area contributed by atoms with Crippen molar-refractivity contribution in [3.05, 3.63) is 30.1 Å². The van der Waals surface area contributed by atoms with Crippen LogP contribution in [0.2, 0.25) is 0 Å². The maximum Gasteiger partial charge on any atom is 0.449 e. The van der Waals surface area contributed by atoms with Crippen molar-refractivity contribution in [2.75, 3.05) is 13.7 Å². The van der Waals surface area contributed by atoms with Crippen LogP contribution < -0.4 is 0 Å². The highest BCUT2D eigenvalue weighted by molar-refractivity contribution is 5.76. The zero-order valence-corrected chi connectivity index (χ0v) is 10.2. The summed E-state index contributed by atoms with van der Waals surface area (Å²) in [5, 5.41) is 9.63. The summed E-state index contributed by atoms with van der Waals surface area (Å²) in [5.74, 6) is -1.01. The van der Waals surface area contributed by atoms with Gasteiger partial charge in [-0.1, -0.05) is 12.1 Å². The number of hydrogen-bond acceptors (Lipinski definition) is 3. The van der Waals surface area contributed by atoms with Gasteiger partial charge >= 0.3 is 6.18 Å². The van der Waals surface area contributed by atoms with Gasteiger partial charge in [-0.15, -0.1) is 0 Å². The molecule has 1 heterocycles. The number of hydrogen-bond donors (Lipinski definition) is 1. The number of methoxy groups -OCH3 is 1. The van der Waals surface area contributed by atoms with Crippen LogP contribution in [0, 0.1) is 0 Å². The second kappa shape index (κ2) is 5.18. The second-order valence-electron chi connectivity index (χ2n) is 4.14. The molecule has 2 aromatic rings. The Labute approximate surface area is 107 Å². The summed E-state index contributed by atoms with van der Waals surface area (Å²) in [7, 11) is 1.37. The summed E-state index contributed by atoms with van der Waals surface area (Å²) in [4.78, 5) is 3.58. The van der Waals surface area contributed by atoms with Crippen molar-refractivity contribution < 1.29 is 23.0 Å². The summed E-state index contributed by atoms with van der Waals surface area (Å²) in [6.45, 7) is -0.257. The summed E-state index contributed by atoms with van der Waals surface area (Å²) < 4.78 is 44.5. The molecule has 7 heteroatoms. The van der Waals surface area contributed by atoms with E-state index in [2.05, 4.69) is 4.98 Å². The molecule has 0 amide bonds. The number of halogens is 3. The first kappa shape index (κ1) is 13.8. The molecule has 0 aliphatic carbocycles. The van der Waals surface area contributed by atoms with E-state index in [0.29, 0.717) is 5.52 Å². The molecule has 4 nitrogen and oxygen atoms in total. The van der Waals surface area contributed by atoms with Crippen LogP contribution in [-0.2, 0) is 17.5 Å². The minimum Gasteiger partial charge on any atom is -0.389 e.